The van der Waals surface area contributed by atoms with Gasteiger partial charge in [0.1, 0.15) is 11.5 Å². The summed E-state index contributed by atoms with van der Waals surface area (Å²) in [6.45, 7) is 3.10. The van der Waals surface area contributed by atoms with Gasteiger partial charge in [0.2, 0.25) is 5.91 Å². The lowest BCUT2D eigenvalue weighted by Crippen LogP contribution is -2.32. The molecule has 0 unspecified atom stereocenters. The number of carbonyl (C=O) groups is 2. The molecule has 0 bridgehead atoms. The Bertz CT molecular complexity index is 778. The Labute approximate surface area is 152 Å². The molecule has 2 aromatic rings. The average molecular weight is 354 g/mol. The van der Waals surface area contributed by atoms with E-state index in [4.69, 9.17) is 4.74 Å². The highest BCUT2D eigenvalue weighted by Crippen LogP contribution is 2.25. The van der Waals surface area contributed by atoms with Crippen LogP contribution >= 0.6 is 0 Å². The fourth-order valence-electron chi connectivity index (χ4n) is 3.18. The minimum absolute atomic E-state index is 0.0444. The second kappa shape index (κ2) is 8.01. The first-order valence-electron chi connectivity index (χ1n) is 8.59. The molecular weight excluding hydrogens is 332 g/mol. The summed E-state index contributed by atoms with van der Waals surface area (Å²) in [5, 5.41) is 12.0. The number of likely N-dealkylation sites (tertiary alicyclic amines) is 1. The van der Waals surface area contributed by atoms with E-state index in [1.807, 2.05) is 54.3 Å². The number of carboxylic acid groups (broad SMARTS) is 1. The molecule has 2 aromatic carbocycles. The third-order valence-electron chi connectivity index (χ3n) is 4.47. The van der Waals surface area contributed by atoms with Crippen molar-refractivity contribution >= 4 is 17.6 Å². The molecule has 2 atom stereocenters. The van der Waals surface area contributed by atoms with Crippen molar-refractivity contribution in [1.29, 1.82) is 0 Å². The van der Waals surface area contributed by atoms with Crippen LogP contribution in [0.4, 0.5) is 5.69 Å². The summed E-state index contributed by atoms with van der Waals surface area (Å²) in [7, 11) is 0. The first-order chi connectivity index (χ1) is 12.5. The predicted octanol–water partition coefficient (Wildman–Crippen LogP) is 3.07. The number of ether oxygens (including phenoxy) is 1. The zero-order chi connectivity index (χ0) is 18.5. The Balaban J connectivity index is 1.56. The molecular formula is C20H22N2O4. The fraction of sp³-hybridized carbons (Fsp3) is 0.300. The van der Waals surface area contributed by atoms with Crippen LogP contribution in [0.1, 0.15) is 6.92 Å². The number of nitrogens with zero attached hydrogens (tertiary/aromatic N) is 1. The van der Waals surface area contributed by atoms with E-state index >= 15 is 0 Å². The number of rotatable bonds is 6. The van der Waals surface area contributed by atoms with Crippen LogP contribution in [0.2, 0.25) is 0 Å². The highest BCUT2D eigenvalue weighted by atomic mass is 16.5. The van der Waals surface area contributed by atoms with Gasteiger partial charge in [-0.3, -0.25) is 14.5 Å². The van der Waals surface area contributed by atoms with E-state index in [-0.39, 0.29) is 18.4 Å². The lowest BCUT2D eigenvalue weighted by molar-refractivity contribution is -0.142. The SMILES string of the molecule is C[C@@H]1CN(CC(=O)Nc2cccc(Oc3ccccc3)c2)C[C@H]1C(=O)O. The van der Waals surface area contributed by atoms with Crippen molar-refractivity contribution < 1.29 is 19.4 Å². The van der Waals surface area contributed by atoms with Gasteiger partial charge in [-0.25, -0.2) is 0 Å². The molecule has 3 rings (SSSR count). The molecule has 0 aromatic heterocycles. The van der Waals surface area contributed by atoms with E-state index in [0.717, 1.165) is 5.75 Å². The maximum atomic E-state index is 12.3. The summed E-state index contributed by atoms with van der Waals surface area (Å²) in [4.78, 5) is 25.3. The number of aliphatic carboxylic acids is 1. The van der Waals surface area contributed by atoms with Crippen LogP contribution in [0.15, 0.2) is 54.6 Å². The van der Waals surface area contributed by atoms with Gasteiger partial charge >= 0.3 is 5.97 Å². The van der Waals surface area contributed by atoms with E-state index in [0.29, 0.717) is 24.5 Å². The van der Waals surface area contributed by atoms with Crippen LogP contribution in [0.25, 0.3) is 0 Å². The number of benzene rings is 2. The van der Waals surface area contributed by atoms with Gasteiger partial charge in [-0.1, -0.05) is 31.2 Å². The van der Waals surface area contributed by atoms with Crippen LogP contribution in [0.3, 0.4) is 0 Å². The molecule has 2 N–H and O–H groups in total. The summed E-state index contributed by atoms with van der Waals surface area (Å²) in [5.74, 6) is 0.0241. The zero-order valence-corrected chi connectivity index (χ0v) is 14.6. The molecule has 0 radical (unpaired) electrons. The molecule has 6 heteroatoms. The minimum atomic E-state index is -0.800. The van der Waals surface area contributed by atoms with Crippen molar-refractivity contribution in [1.82, 2.24) is 4.90 Å². The summed E-state index contributed by atoms with van der Waals surface area (Å²) in [6, 6.07) is 16.6. The van der Waals surface area contributed by atoms with Crippen molar-refractivity contribution in [2.75, 3.05) is 25.0 Å². The molecule has 0 saturated carbocycles. The standard InChI is InChI=1S/C20H22N2O4/c1-14-11-22(12-18(14)20(24)25)13-19(23)21-15-6-5-9-17(10-15)26-16-7-3-2-4-8-16/h2-10,14,18H,11-13H2,1H3,(H,21,23)(H,24,25)/t14-,18-/m1/s1. The number of hydrogen-bond donors (Lipinski definition) is 2. The fourth-order valence-corrected chi connectivity index (χ4v) is 3.18. The maximum Gasteiger partial charge on any atom is 0.308 e. The normalized spacial score (nSPS) is 19.9. The molecule has 6 nitrogen and oxygen atoms in total. The monoisotopic (exact) mass is 354 g/mol. The largest absolute Gasteiger partial charge is 0.481 e. The Hall–Kier alpha value is -2.86. The Kier molecular flexibility index (Phi) is 5.53. The van der Waals surface area contributed by atoms with E-state index in [2.05, 4.69) is 5.32 Å². The maximum absolute atomic E-state index is 12.3. The van der Waals surface area contributed by atoms with Gasteiger partial charge in [0.05, 0.1) is 12.5 Å². The number of amides is 1. The van der Waals surface area contributed by atoms with E-state index in [9.17, 15) is 14.7 Å². The van der Waals surface area contributed by atoms with Gasteiger partial charge in [0.15, 0.2) is 0 Å². The third kappa shape index (κ3) is 4.61. The second-order valence-corrected chi connectivity index (χ2v) is 6.61. The lowest BCUT2D eigenvalue weighted by Gasteiger charge is -2.15. The molecule has 1 aliphatic heterocycles. The van der Waals surface area contributed by atoms with Crippen molar-refractivity contribution in [2.45, 2.75) is 6.92 Å². The van der Waals surface area contributed by atoms with Gasteiger partial charge in [-0.15, -0.1) is 0 Å². The van der Waals surface area contributed by atoms with Crippen LogP contribution in [0, 0.1) is 11.8 Å². The van der Waals surface area contributed by atoms with Gasteiger partial charge in [0, 0.05) is 24.8 Å². The predicted molar refractivity (Wildman–Crippen MR) is 98.3 cm³/mol. The van der Waals surface area contributed by atoms with E-state index in [1.165, 1.54) is 0 Å². The Morgan fingerprint density at radius 1 is 1.12 bits per heavy atom. The molecule has 0 spiro atoms. The Morgan fingerprint density at radius 3 is 2.54 bits per heavy atom. The number of carboxylic acids is 1. The van der Waals surface area contributed by atoms with Gasteiger partial charge in [0.25, 0.3) is 0 Å². The molecule has 136 valence electrons. The number of carbonyl (C=O) groups excluding carboxylic acids is 1. The quantitative estimate of drug-likeness (QED) is 0.833. The molecule has 1 aliphatic rings. The molecule has 1 fully saturated rings. The highest BCUT2D eigenvalue weighted by Gasteiger charge is 2.35. The molecule has 26 heavy (non-hydrogen) atoms. The molecule has 1 heterocycles. The number of nitrogens with one attached hydrogen (secondary N) is 1. The minimum Gasteiger partial charge on any atom is -0.481 e. The smallest absolute Gasteiger partial charge is 0.308 e. The Morgan fingerprint density at radius 2 is 1.85 bits per heavy atom. The average Bonchev–Trinajstić information content (AvgIpc) is 2.96. The van der Waals surface area contributed by atoms with Crippen LogP contribution in [-0.2, 0) is 9.59 Å². The van der Waals surface area contributed by atoms with Crippen molar-refractivity contribution in [3.8, 4) is 11.5 Å². The van der Waals surface area contributed by atoms with E-state index in [1.54, 1.807) is 12.1 Å². The van der Waals surface area contributed by atoms with Crippen molar-refractivity contribution in [2.24, 2.45) is 11.8 Å². The summed E-state index contributed by atoms with van der Waals surface area (Å²) >= 11 is 0. The first-order valence-corrected chi connectivity index (χ1v) is 8.59. The molecule has 1 saturated heterocycles. The molecule has 0 aliphatic carbocycles. The van der Waals surface area contributed by atoms with Crippen LogP contribution < -0.4 is 10.1 Å². The summed E-state index contributed by atoms with van der Waals surface area (Å²) in [5.41, 5.74) is 0.644. The lowest BCUT2D eigenvalue weighted by atomic mass is 9.99. The van der Waals surface area contributed by atoms with Crippen molar-refractivity contribution in [3.05, 3.63) is 54.6 Å². The van der Waals surface area contributed by atoms with Gasteiger partial charge in [-0.05, 0) is 30.2 Å². The van der Waals surface area contributed by atoms with Crippen LogP contribution in [0.5, 0.6) is 11.5 Å². The molecule has 1 amide bonds. The topological polar surface area (TPSA) is 78.9 Å². The first kappa shape index (κ1) is 17.9. The van der Waals surface area contributed by atoms with Crippen molar-refractivity contribution in [3.63, 3.8) is 0 Å². The zero-order valence-electron chi connectivity index (χ0n) is 14.6. The number of para-hydroxylation sites is 1. The van der Waals surface area contributed by atoms with Gasteiger partial charge in [-0.2, -0.15) is 0 Å². The number of anilines is 1. The van der Waals surface area contributed by atoms with Gasteiger partial charge < -0.3 is 15.2 Å². The number of hydrogen-bond acceptors (Lipinski definition) is 4. The highest BCUT2D eigenvalue weighted by molar-refractivity contribution is 5.92. The van der Waals surface area contributed by atoms with Crippen LogP contribution in [-0.4, -0.2) is 41.5 Å². The van der Waals surface area contributed by atoms with E-state index < -0.39 is 11.9 Å². The second-order valence-electron chi connectivity index (χ2n) is 6.61. The third-order valence-corrected chi connectivity index (χ3v) is 4.47. The summed E-state index contributed by atoms with van der Waals surface area (Å²) in [6.07, 6.45) is 0. The summed E-state index contributed by atoms with van der Waals surface area (Å²) < 4.78 is 5.76.